The van der Waals surface area contributed by atoms with E-state index in [2.05, 4.69) is 16.2 Å². The van der Waals surface area contributed by atoms with E-state index in [1.807, 2.05) is 32.0 Å². The molecule has 0 aliphatic rings. The van der Waals surface area contributed by atoms with E-state index in [0.29, 0.717) is 0 Å². The van der Waals surface area contributed by atoms with E-state index in [1.165, 1.54) is 18.2 Å². The van der Waals surface area contributed by atoms with Crippen LogP contribution in [0.15, 0.2) is 36.4 Å². The summed E-state index contributed by atoms with van der Waals surface area (Å²) in [4.78, 5) is 22.6. The minimum absolute atomic E-state index is 0.159. The number of halogens is 1. The summed E-state index contributed by atoms with van der Waals surface area (Å²) in [7, 11) is 0. The maximum absolute atomic E-state index is 12.2. The zero-order valence-corrected chi connectivity index (χ0v) is 15.7. The van der Waals surface area contributed by atoms with Crippen LogP contribution in [0.25, 0.3) is 0 Å². The van der Waals surface area contributed by atoms with E-state index in [-0.39, 0.29) is 21.4 Å². The van der Waals surface area contributed by atoms with Crippen molar-refractivity contribution in [3.05, 3.63) is 68.2 Å². The van der Waals surface area contributed by atoms with Crippen molar-refractivity contribution < 1.29 is 9.72 Å². The molecule has 1 amide bonds. The predicted octanol–water partition coefficient (Wildman–Crippen LogP) is 3.75. The summed E-state index contributed by atoms with van der Waals surface area (Å²) < 4.78 is 0. The van der Waals surface area contributed by atoms with E-state index >= 15 is 0 Å². The van der Waals surface area contributed by atoms with Crippen molar-refractivity contribution in [2.24, 2.45) is 0 Å². The molecule has 0 atom stereocenters. The Morgan fingerprint density at radius 1 is 1.27 bits per heavy atom. The molecular weight excluding hydrogens is 376 g/mol. The van der Waals surface area contributed by atoms with Gasteiger partial charge in [0, 0.05) is 16.8 Å². The van der Waals surface area contributed by atoms with Crippen LogP contribution in [0.3, 0.4) is 0 Å². The molecule has 2 aromatic rings. The summed E-state index contributed by atoms with van der Waals surface area (Å²) in [6, 6.07) is 9.62. The third-order valence-corrected chi connectivity index (χ3v) is 4.11. The number of anilines is 1. The van der Waals surface area contributed by atoms with Gasteiger partial charge >= 0.3 is 0 Å². The van der Waals surface area contributed by atoms with Crippen LogP contribution >= 0.6 is 23.8 Å². The van der Waals surface area contributed by atoms with E-state index in [0.717, 1.165) is 23.2 Å². The monoisotopic (exact) mass is 392 g/mol. The number of hydrazine groups is 1. The molecule has 0 bridgehead atoms. The first-order chi connectivity index (χ1) is 12.3. The van der Waals surface area contributed by atoms with Crippen molar-refractivity contribution in [2.45, 2.75) is 20.3 Å². The zero-order valence-electron chi connectivity index (χ0n) is 14.1. The quantitative estimate of drug-likeness (QED) is 0.416. The second-order valence-electron chi connectivity index (χ2n) is 5.41. The maximum Gasteiger partial charge on any atom is 0.282 e. The van der Waals surface area contributed by atoms with Gasteiger partial charge in [-0.3, -0.25) is 25.8 Å². The Labute approximate surface area is 160 Å². The molecule has 0 heterocycles. The van der Waals surface area contributed by atoms with Gasteiger partial charge in [0.2, 0.25) is 0 Å². The SMILES string of the molecule is CCc1cccc(C)c1NC(=S)NNC(=O)c1cc(Cl)ccc1[N+](=O)[O-]. The van der Waals surface area contributed by atoms with Gasteiger partial charge in [0.1, 0.15) is 5.56 Å². The number of carbonyl (C=O) groups is 1. The van der Waals surface area contributed by atoms with E-state index in [9.17, 15) is 14.9 Å². The number of aryl methyl sites for hydroxylation is 2. The molecule has 0 saturated heterocycles. The van der Waals surface area contributed by atoms with Crippen molar-refractivity contribution in [1.29, 1.82) is 0 Å². The van der Waals surface area contributed by atoms with Gasteiger partial charge in [0.05, 0.1) is 4.92 Å². The lowest BCUT2D eigenvalue weighted by molar-refractivity contribution is -0.385. The number of carbonyl (C=O) groups excluding carboxylic acids is 1. The Morgan fingerprint density at radius 2 is 2.00 bits per heavy atom. The summed E-state index contributed by atoms with van der Waals surface area (Å²) in [5.74, 6) is -0.719. The fourth-order valence-electron chi connectivity index (χ4n) is 2.38. The topological polar surface area (TPSA) is 96.3 Å². The first kappa shape index (κ1) is 19.6. The standard InChI is InChI=1S/C17H17ClN4O3S/c1-3-11-6-4-5-10(2)15(11)19-17(26)21-20-16(23)13-9-12(18)7-8-14(13)22(24)25/h4-9H,3H2,1-2H3,(H,20,23)(H2,19,21,26). The van der Waals surface area contributed by atoms with Gasteiger partial charge in [-0.25, -0.2) is 0 Å². The maximum atomic E-state index is 12.2. The van der Waals surface area contributed by atoms with Crippen molar-refractivity contribution in [3.63, 3.8) is 0 Å². The Bertz CT molecular complexity index is 873. The minimum atomic E-state index is -0.719. The van der Waals surface area contributed by atoms with Gasteiger partial charge in [0.25, 0.3) is 11.6 Å². The van der Waals surface area contributed by atoms with Gasteiger partial charge in [-0.1, -0.05) is 36.7 Å². The molecule has 0 spiro atoms. The predicted molar refractivity (Wildman–Crippen MR) is 105 cm³/mol. The molecule has 9 heteroatoms. The molecule has 0 aliphatic heterocycles. The van der Waals surface area contributed by atoms with Crippen LogP contribution in [0.5, 0.6) is 0 Å². The largest absolute Gasteiger partial charge is 0.331 e. The molecule has 0 saturated carbocycles. The highest BCUT2D eigenvalue weighted by molar-refractivity contribution is 7.80. The molecule has 0 aromatic heterocycles. The fourth-order valence-corrected chi connectivity index (χ4v) is 2.70. The molecule has 0 radical (unpaired) electrons. The second kappa shape index (κ2) is 8.59. The Balaban J connectivity index is 2.08. The summed E-state index contributed by atoms with van der Waals surface area (Å²) in [5, 5.41) is 14.5. The molecule has 0 aliphatic carbocycles. The van der Waals surface area contributed by atoms with Crippen molar-refractivity contribution in [2.75, 3.05) is 5.32 Å². The number of amides is 1. The summed E-state index contributed by atoms with van der Waals surface area (Å²) in [5.41, 5.74) is 7.32. The average molecular weight is 393 g/mol. The average Bonchev–Trinajstić information content (AvgIpc) is 2.61. The van der Waals surface area contributed by atoms with Crippen molar-refractivity contribution in [1.82, 2.24) is 10.9 Å². The number of nitro benzene ring substituents is 1. The number of nitrogens with one attached hydrogen (secondary N) is 3. The van der Waals surface area contributed by atoms with Crippen LogP contribution in [-0.2, 0) is 6.42 Å². The summed E-state index contributed by atoms with van der Waals surface area (Å²) in [6.07, 6.45) is 0.813. The van der Waals surface area contributed by atoms with Crippen molar-refractivity contribution in [3.8, 4) is 0 Å². The van der Waals surface area contributed by atoms with Crippen LogP contribution in [-0.4, -0.2) is 15.9 Å². The number of thiocarbonyl (C=S) groups is 1. The smallest absolute Gasteiger partial charge is 0.282 e. The molecule has 0 unspecified atom stereocenters. The van der Waals surface area contributed by atoms with E-state index < -0.39 is 10.8 Å². The normalized spacial score (nSPS) is 10.1. The third-order valence-electron chi connectivity index (χ3n) is 3.67. The lowest BCUT2D eigenvalue weighted by Gasteiger charge is -2.16. The summed E-state index contributed by atoms with van der Waals surface area (Å²) >= 11 is 11.0. The second-order valence-corrected chi connectivity index (χ2v) is 6.26. The van der Waals surface area contributed by atoms with Crippen LogP contribution in [0.1, 0.15) is 28.4 Å². The Morgan fingerprint density at radius 3 is 2.65 bits per heavy atom. The molecule has 26 heavy (non-hydrogen) atoms. The number of nitro groups is 1. The summed E-state index contributed by atoms with van der Waals surface area (Å²) in [6.45, 7) is 3.97. The highest BCUT2D eigenvalue weighted by atomic mass is 35.5. The van der Waals surface area contributed by atoms with E-state index in [4.69, 9.17) is 23.8 Å². The van der Waals surface area contributed by atoms with Gasteiger partial charge < -0.3 is 5.32 Å². The van der Waals surface area contributed by atoms with Gasteiger partial charge in [-0.05, 0) is 48.8 Å². The van der Waals surface area contributed by atoms with Gasteiger partial charge in [-0.15, -0.1) is 0 Å². The Kier molecular flexibility index (Phi) is 6.48. The minimum Gasteiger partial charge on any atom is -0.331 e. The lowest BCUT2D eigenvalue weighted by Crippen LogP contribution is -2.44. The first-order valence-corrected chi connectivity index (χ1v) is 8.51. The van der Waals surface area contributed by atoms with Crippen LogP contribution in [0, 0.1) is 17.0 Å². The molecular formula is C17H17ClN4O3S. The highest BCUT2D eigenvalue weighted by Gasteiger charge is 2.20. The number of hydrogen-bond acceptors (Lipinski definition) is 4. The molecule has 3 N–H and O–H groups in total. The third kappa shape index (κ3) is 4.68. The molecule has 0 fully saturated rings. The van der Waals surface area contributed by atoms with E-state index in [1.54, 1.807) is 0 Å². The zero-order chi connectivity index (χ0) is 19.3. The number of rotatable bonds is 4. The number of nitrogens with zero attached hydrogens (tertiary/aromatic N) is 1. The Hall–Kier alpha value is -2.71. The van der Waals surface area contributed by atoms with Crippen molar-refractivity contribution >= 4 is 46.2 Å². The first-order valence-electron chi connectivity index (χ1n) is 7.73. The number of hydrogen-bond donors (Lipinski definition) is 3. The number of para-hydroxylation sites is 1. The molecule has 2 aromatic carbocycles. The van der Waals surface area contributed by atoms with Crippen LogP contribution < -0.4 is 16.2 Å². The van der Waals surface area contributed by atoms with Crippen LogP contribution in [0.2, 0.25) is 5.02 Å². The molecule has 136 valence electrons. The molecule has 7 nitrogen and oxygen atoms in total. The van der Waals surface area contributed by atoms with Gasteiger partial charge in [0.15, 0.2) is 5.11 Å². The highest BCUT2D eigenvalue weighted by Crippen LogP contribution is 2.23. The fraction of sp³-hybridized carbons (Fsp3) is 0.176. The number of benzene rings is 2. The lowest BCUT2D eigenvalue weighted by atomic mass is 10.1. The van der Waals surface area contributed by atoms with Crippen LogP contribution in [0.4, 0.5) is 11.4 Å². The van der Waals surface area contributed by atoms with Gasteiger partial charge in [-0.2, -0.15) is 0 Å². The molecule has 2 rings (SSSR count).